The lowest BCUT2D eigenvalue weighted by atomic mass is 9.98. The Bertz CT molecular complexity index is 697. The highest BCUT2D eigenvalue weighted by Crippen LogP contribution is 2.34. The van der Waals surface area contributed by atoms with Crippen LogP contribution in [0.5, 0.6) is 0 Å². The summed E-state index contributed by atoms with van der Waals surface area (Å²) in [6.45, 7) is 1.56. The first-order valence-electron chi connectivity index (χ1n) is 6.84. The van der Waals surface area contributed by atoms with E-state index in [4.69, 9.17) is 0 Å². The van der Waals surface area contributed by atoms with Crippen LogP contribution in [0.4, 0.5) is 0 Å². The minimum absolute atomic E-state index is 0.0224. The molecule has 1 heterocycles. The predicted octanol–water partition coefficient (Wildman–Crippen LogP) is 4.15. The highest BCUT2D eigenvalue weighted by Gasteiger charge is 2.31. The van der Waals surface area contributed by atoms with E-state index in [1.165, 1.54) is 0 Å². The van der Waals surface area contributed by atoms with E-state index in [2.05, 4.69) is 21.0 Å². The number of hydrogen-bond donors (Lipinski definition) is 0. The van der Waals surface area contributed by atoms with E-state index < -0.39 is 0 Å². The van der Waals surface area contributed by atoms with Crippen LogP contribution in [0.3, 0.4) is 0 Å². The fourth-order valence-corrected chi connectivity index (χ4v) is 3.11. The molecule has 0 saturated carbocycles. The van der Waals surface area contributed by atoms with Crippen molar-refractivity contribution in [3.05, 3.63) is 70.2 Å². The summed E-state index contributed by atoms with van der Waals surface area (Å²) < 4.78 is 1.00. The van der Waals surface area contributed by atoms with Crippen LogP contribution in [0.15, 0.2) is 64.2 Å². The largest absolute Gasteiger partial charge is 0.273 e. The lowest BCUT2D eigenvalue weighted by Gasteiger charge is -2.20. The molecule has 4 heteroatoms. The maximum Gasteiger partial charge on any atom is 0.240 e. The number of benzene rings is 2. The standard InChI is InChI=1S/C17H15BrN2O/c1-12(21)20-17(13-7-3-2-4-8-13)11-16(19-20)14-9-5-6-10-15(14)18/h2-10,17H,11H2,1H3. The van der Waals surface area contributed by atoms with Crippen molar-refractivity contribution in [3.8, 4) is 0 Å². The molecule has 2 aromatic carbocycles. The summed E-state index contributed by atoms with van der Waals surface area (Å²) in [4.78, 5) is 11.9. The minimum atomic E-state index is -0.0362. The van der Waals surface area contributed by atoms with Crippen molar-refractivity contribution < 1.29 is 4.79 Å². The van der Waals surface area contributed by atoms with Crippen molar-refractivity contribution in [2.45, 2.75) is 19.4 Å². The lowest BCUT2D eigenvalue weighted by Crippen LogP contribution is -2.24. The van der Waals surface area contributed by atoms with Gasteiger partial charge in [0, 0.05) is 23.4 Å². The van der Waals surface area contributed by atoms with Crippen LogP contribution in [-0.4, -0.2) is 16.6 Å². The Morgan fingerprint density at radius 1 is 1.14 bits per heavy atom. The van der Waals surface area contributed by atoms with Gasteiger partial charge in [-0.1, -0.05) is 64.5 Å². The maximum atomic E-state index is 11.9. The van der Waals surface area contributed by atoms with Gasteiger partial charge >= 0.3 is 0 Å². The van der Waals surface area contributed by atoms with Gasteiger partial charge in [-0.2, -0.15) is 5.10 Å². The first-order valence-corrected chi connectivity index (χ1v) is 7.63. The molecule has 106 valence electrons. The number of nitrogens with zero attached hydrogens (tertiary/aromatic N) is 2. The summed E-state index contributed by atoms with van der Waals surface area (Å²) in [5, 5.41) is 6.13. The second-order valence-corrected chi connectivity index (χ2v) is 5.88. The normalized spacial score (nSPS) is 17.7. The molecule has 21 heavy (non-hydrogen) atoms. The van der Waals surface area contributed by atoms with Crippen LogP contribution in [0.2, 0.25) is 0 Å². The predicted molar refractivity (Wildman–Crippen MR) is 87.0 cm³/mol. The number of amides is 1. The average molecular weight is 343 g/mol. The molecule has 1 aliphatic heterocycles. The molecule has 0 N–H and O–H groups in total. The highest BCUT2D eigenvalue weighted by atomic mass is 79.9. The van der Waals surface area contributed by atoms with Crippen LogP contribution < -0.4 is 0 Å². The molecular weight excluding hydrogens is 328 g/mol. The summed E-state index contributed by atoms with van der Waals surface area (Å²) in [6, 6.07) is 18.0. The smallest absolute Gasteiger partial charge is 0.240 e. The SMILES string of the molecule is CC(=O)N1N=C(c2ccccc2Br)CC1c1ccccc1. The van der Waals surface area contributed by atoms with E-state index >= 15 is 0 Å². The minimum Gasteiger partial charge on any atom is -0.273 e. The molecule has 2 aromatic rings. The Kier molecular flexibility index (Phi) is 3.88. The topological polar surface area (TPSA) is 32.7 Å². The second-order valence-electron chi connectivity index (χ2n) is 5.02. The second kappa shape index (κ2) is 5.82. The fourth-order valence-electron chi connectivity index (χ4n) is 2.59. The first-order chi connectivity index (χ1) is 10.2. The van der Waals surface area contributed by atoms with E-state index in [1.54, 1.807) is 11.9 Å². The molecule has 0 radical (unpaired) electrons. The van der Waals surface area contributed by atoms with Gasteiger partial charge in [0.1, 0.15) is 0 Å². The Labute approximate surface area is 132 Å². The van der Waals surface area contributed by atoms with E-state index in [0.29, 0.717) is 0 Å². The third kappa shape index (κ3) is 2.76. The monoisotopic (exact) mass is 342 g/mol. The quantitative estimate of drug-likeness (QED) is 0.806. The third-order valence-electron chi connectivity index (χ3n) is 3.60. The van der Waals surface area contributed by atoms with E-state index in [-0.39, 0.29) is 11.9 Å². The number of halogens is 1. The van der Waals surface area contributed by atoms with E-state index in [1.807, 2.05) is 54.6 Å². The summed E-state index contributed by atoms with van der Waals surface area (Å²) in [7, 11) is 0. The van der Waals surface area contributed by atoms with Crippen molar-refractivity contribution in [3.63, 3.8) is 0 Å². The zero-order chi connectivity index (χ0) is 14.8. The number of carbonyl (C=O) groups is 1. The summed E-state index contributed by atoms with van der Waals surface area (Å²) in [5.41, 5.74) is 3.09. The van der Waals surface area contributed by atoms with Crippen molar-refractivity contribution >= 4 is 27.5 Å². The van der Waals surface area contributed by atoms with Gasteiger partial charge in [0.05, 0.1) is 11.8 Å². The van der Waals surface area contributed by atoms with Crippen LogP contribution in [0.25, 0.3) is 0 Å². The van der Waals surface area contributed by atoms with Crippen LogP contribution >= 0.6 is 15.9 Å². The Morgan fingerprint density at radius 2 is 1.81 bits per heavy atom. The van der Waals surface area contributed by atoms with Gasteiger partial charge in [-0.15, -0.1) is 0 Å². The molecule has 1 amide bonds. The molecular formula is C17H15BrN2O. The highest BCUT2D eigenvalue weighted by molar-refractivity contribution is 9.10. The number of hydrogen-bond acceptors (Lipinski definition) is 2. The van der Waals surface area contributed by atoms with Gasteiger partial charge in [-0.25, -0.2) is 5.01 Å². The fraction of sp³-hybridized carbons (Fsp3) is 0.176. The molecule has 3 rings (SSSR count). The molecule has 0 bridgehead atoms. The van der Waals surface area contributed by atoms with Gasteiger partial charge < -0.3 is 0 Å². The van der Waals surface area contributed by atoms with Gasteiger partial charge in [-0.05, 0) is 11.6 Å². The molecule has 0 spiro atoms. The van der Waals surface area contributed by atoms with Gasteiger partial charge in [-0.3, -0.25) is 4.79 Å². The Morgan fingerprint density at radius 3 is 2.48 bits per heavy atom. The number of rotatable bonds is 2. The van der Waals surface area contributed by atoms with Gasteiger partial charge in [0.15, 0.2) is 0 Å². The lowest BCUT2D eigenvalue weighted by molar-refractivity contribution is -0.130. The van der Waals surface area contributed by atoms with Crippen LogP contribution in [0.1, 0.15) is 30.5 Å². The van der Waals surface area contributed by atoms with Crippen LogP contribution in [-0.2, 0) is 4.79 Å². The van der Waals surface area contributed by atoms with E-state index in [9.17, 15) is 4.79 Å². The number of hydrazone groups is 1. The molecule has 1 unspecified atom stereocenters. The van der Waals surface area contributed by atoms with Crippen LogP contribution in [0, 0.1) is 0 Å². The Hall–Kier alpha value is -1.94. The van der Waals surface area contributed by atoms with Crippen molar-refractivity contribution in [2.75, 3.05) is 0 Å². The third-order valence-corrected chi connectivity index (χ3v) is 4.29. The maximum absolute atomic E-state index is 11.9. The summed E-state index contributed by atoms with van der Waals surface area (Å²) in [5.74, 6) is -0.0362. The number of carbonyl (C=O) groups excluding carboxylic acids is 1. The zero-order valence-corrected chi connectivity index (χ0v) is 13.2. The molecule has 0 saturated heterocycles. The molecule has 1 atom stereocenters. The van der Waals surface area contributed by atoms with Gasteiger partial charge in [0.25, 0.3) is 0 Å². The summed E-state index contributed by atoms with van der Waals surface area (Å²) in [6.07, 6.45) is 0.728. The van der Waals surface area contributed by atoms with Crippen molar-refractivity contribution in [1.82, 2.24) is 5.01 Å². The summed E-state index contributed by atoms with van der Waals surface area (Å²) >= 11 is 3.56. The van der Waals surface area contributed by atoms with Crippen molar-refractivity contribution in [1.29, 1.82) is 0 Å². The molecule has 0 aromatic heterocycles. The molecule has 0 fully saturated rings. The van der Waals surface area contributed by atoms with Crippen molar-refractivity contribution in [2.24, 2.45) is 5.10 Å². The van der Waals surface area contributed by atoms with Gasteiger partial charge in [0.2, 0.25) is 5.91 Å². The zero-order valence-electron chi connectivity index (χ0n) is 11.7. The molecule has 3 nitrogen and oxygen atoms in total. The molecule has 1 aliphatic rings. The first kappa shape index (κ1) is 14.0. The average Bonchev–Trinajstić information content (AvgIpc) is 2.94. The molecule has 0 aliphatic carbocycles. The Balaban J connectivity index is 1.98. The van der Waals surface area contributed by atoms with E-state index in [0.717, 1.165) is 27.7 Å².